The second kappa shape index (κ2) is 13.3. The summed E-state index contributed by atoms with van der Waals surface area (Å²) in [6, 6.07) is 10.8. The van der Waals surface area contributed by atoms with Gasteiger partial charge in [-0.05, 0) is 24.3 Å². The average molecular weight is 513 g/mol. The fraction of sp³-hybridized carbons (Fsp3) is 0.348. The van der Waals surface area contributed by atoms with Gasteiger partial charge in [0.2, 0.25) is 5.91 Å². The van der Waals surface area contributed by atoms with Crippen molar-refractivity contribution in [1.29, 1.82) is 0 Å². The van der Waals surface area contributed by atoms with Crippen molar-refractivity contribution in [1.82, 2.24) is 5.32 Å². The van der Waals surface area contributed by atoms with E-state index in [1.165, 1.54) is 6.07 Å². The Morgan fingerprint density at radius 2 is 1.69 bits per heavy atom. The lowest BCUT2D eigenvalue weighted by molar-refractivity contribution is -0.159. The van der Waals surface area contributed by atoms with Gasteiger partial charge in [0.15, 0.2) is 0 Å². The van der Waals surface area contributed by atoms with Crippen LogP contribution in [0.2, 0.25) is 0 Å². The van der Waals surface area contributed by atoms with Gasteiger partial charge >= 0.3 is 18.1 Å². The minimum Gasteiger partial charge on any atom is -0.496 e. The summed E-state index contributed by atoms with van der Waals surface area (Å²) in [5.41, 5.74) is 0.748. The predicted molar refractivity (Wildman–Crippen MR) is 123 cm³/mol. The number of para-hydroxylation sites is 1. The first-order valence-corrected chi connectivity index (χ1v) is 10.7. The Morgan fingerprint density at radius 1 is 1.06 bits per heavy atom. The van der Waals surface area contributed by atoms with Crippen LogP contribution >= 0.6 is 0 Å². The van der Waals surface area contributed by atoms with Crippen LogP contribution in [-0.2, 0) is 31.8 Å². The summed E-state index contributed by atoms with van der Waals surface area (Å²) in [4.78, 5) is 32.5. The number of carboxylic acids is 2. The molecule has 0 unspecified atom stereocenters. The number of carbonyl (C=O) groups excluding carboxylic acids is 1. The average Bonchev–Trinajstić information content (AvgIpc) is 2.84. The Morgan fingerprint density at radius 3 is 2.28 bits per heavy atom. The molecule has 196 valence electrons. The SMILES string of the molecule is COc1ccccc1CNCC(=O)Nc1cc(C(F)(F)F)ccc1N1CCOCC1.O=C(O)C(=O)O. The maximum Gasteiger partial charge on any atom is 0.416 e. The van der Waals surface area contributed by atoms with Gasteiger partial charge in [0.1, 0.15) is 5.75 Å². The number of aliphatic carboxylic acids is 2. The molecule has 0 aromatic heterocycles. The highest BCUT2D eigenvalue weighted by Crippen LogP contribution is 2.35. The Labute approximate surface area is 204 Å². The number of ether oxygens (including phenoxy) is 2. The molecule has 0 bridgehead atoms. The number of carboxylic acid groups (broad SMARTS) is 2. The van der Waals surface area contributed by atoms with E-state index in [0.717, 1.165) is 17.7 Å². The lowest BCUT2D eigenvalue weighted by atomic mass is 10.1. The van der Waals surface area contributed by atoms with Crippen molar-refractivity contribution in [2.45, 2.75) is 12.7 Å². The minimum absolute atomic E-state index is 0.0587. The van der Waals surface area contributed by atoms with Crippen LogP contribution in [0.25, 0.3) is 0 Å². The van der Waals surface area contributed by atoms with E-state index in [4.69, 9.17) is 29.3 Å². The van der Waals surface area contributed by atoms with Crippen molar-refractivity contribution >= 4 is 29.2 Å². The topological polar surface area (TPSA) is 137 Å². The van der Waals surface area contributed by atoms with Gasteiger partial charge in [-0.3, -0.25) is 4.79 Å². The molecule has 13 heteroatoms. The number of hydrogen-bond acceptors (Lipinski definition) is 7. The van der Waals surface area contributed by atoms with E-state index < -0.39 is 29.6 Å². The molecule has 1 aliphatic rings. The molecule has 0 radical (unpaired) electrons. The van der Waals surface area contributed by atoms with E-state index >= 15 is 0 Å². The molecule has 0 atom stereocenters. The van der Waals surface area contributed by atoms with E-state index in [-0.39, 0.29) is 12.2 Å². The molecule has 1 aliphatic heterocycles. The van der Waals surface area contributed by atoms with Gasteiger partial charge in [0, 0.05) is 25.2 Å². The fourth-order valence-corrected chi connectivity index (χ4v) is 3.25. The number of morpholine rings is 1. The molecule has 1 heterocycles. The number of alkyl halides is 3. The molecule has 2 aromatic carbocycles. The Bertz CT molecular complexity index is 1050. The van der Waals surface area contributed by atoms with Crippen LogP contribution in [0.1, 0.15) is 11.1 Å². The summed E-state index contributed by atoms with van der Waals surface area (Å²) in [7, 11) is 1.56. The van der Waals surface area contributed by atoms with Gasteiger partial charge < -0.3 is 35.2 Å². The highest BCUT2D eigenvalue weighted by Gasteiger charge is 2.32. The normalized spacial score (nSPS) is 13.3. The first kappa shape index (κ1) is 28.4. The number of benzene rings is 2. The Kier molecular flexibility index (Phi) is 10.5. The summed E-state index contributed by atoms with van der Waals surface area (Å²) in [6.45, 7) is 2.37. The van der Waals surface area contributed by atoms with Crippen molar-refractivity contribution in [3.05, 3.63) is 53.6 Å². The molecule has 2 aromatic rings. The molecule has 4 N–H and O–H groups in total. The quantitative estimate of drug-likeness (QED) is 0.412. The first-order valence-electron chi connectivity index (χ1n) is 10.7. The second-order valence-corrected chi connectivity index (χ2v) is 7.40. The van der Waals surface area contributed by atoms with Gasteiger partial charge in [-0.25, -0.2) is 9.59 Å². The number of hydrogen-bond donors (Lipinski definition) is 4. The summed E-state index contributed by atoms with van der Waals surface area (Å²) < 4.78 is 50.1. The van der Waals surface area contributed by atoms with Gasteiger partial charge in [-0.15, -0.1) is 0 Å². The van der Waals surface area contributed by atoms with Gasteiger partial charge in [-0.1, -0.05) is 18.2 Å². The predicted octanol–water partition coefficient (Wildman–Crippen LogP) is 2.43. The van der Waals surface area contributed by atoms with Crippen LogP contribution in [0.3, 0.4) is 0 Å². The summed E-state index contributed by atoms with van der Waals surface area (Å²) in [5.74, 6) is -3.39. The van der Waals surface area contributed by atoms with Gasteiger partial charge in [-0.2, -0.15) is 13.2 Å². The molecule has 1 amide bonds. The summed E-state index contributed by atoms with van der Waals surface area (Å²) in [6.07, 6.45) is -4.49. The third-order valence-electron chi connectivity index (χ3n) is 4.93. The van der Waals surface area contributed by atoms with Crippen molar-refractivity contribution in [3.63, 3.8) is 0 Å². The van der Waals surface area contributed by atoms with Gasteiger partial charge in [0.25, 0.3) is 0 Å². The molecule has 0 aliphatic carbocycles. The molecule has 10 nitrogen and oxygen atoms in total. The molecule has 3 rings (SSSR count). The van der Waals surface area contributed by atoms with Crippen molar-refractivity contribution in [2.75, 3.05) is 50.2 Å². The van der Waals surface area contributed by atoms with Crippen LogP contribution in [-0.4, -0.2) is 68.0 Å². The third kappa shape index (κ3) is 8.74. The van der Waals surface area contributed by atoms with Crippen LogP contribution in [0.15, 0.2) is 42.5 Å². The third-order valence-corrected chi connectivity index (χ3v) is 4.93. The molecule has 0 saturated carbocycles. The largest absolute Gasteiger partial charge is 0.496 e. The van der Waals surface area contributed by atoms with E-state index in [1.807, 2.05) is 29.2 Å². The van der Waals surface area contributed by atoms with E-state index in [0.29, 0.717) is 44.3 Å². The van der Waals surface area contributed by atoms with Crippen molar-refractivity contribution < 1.29 is 47.2 Å². The molecule has 1 fully saturated rings. The number of rotatable bonds is 7. The van der Waals surface area contributed by atoms with Crippen molar-refractivity contribution in [2.24, 2.45) is 0 Å². The number of carbonyl (C=O) groups is 3. The second-order valence-electron chi connectivity index (χ2n) is 7.40. The Balaban J connectivity index is 0.000000678. The van der Waals surface area contributed by atoms with E-state index in [2.05, 4.69) is 10.6 Å². The number of halogens is 3. The van der Waals surface area contributed by atoms with E-state index in [1.54, 1.807) is 7.11 Å². The standard InChI is InChI=1S/C21H24F3N3O3.C2H2O4/c1-29-19-5-3-2-4-15(19)13-25-14-20(28)26-17-12-16(21(22,23)24)6-7-18(17)27-8-10-30-11-9-27;3-1(4)2(5)6/h2-7,12,25H,8-11,13-14H2,1H3,(H,26,28);(H,3,4)(H,5,6). The highest BCUT2D eigenvalue weighted by atomic mass is 19.4. The summed E-state index contributed by atoms with van der Waals surface area (Å²) in [5, 5.41) is 20.4. The van der Waals surface area contributed by atoms with Crippen LogP contribution in [0.4, 0.5) is 24.5 Å². The maximum absolute atomic E-state index is 13.2. The smallest absolute Gasteiger partial charge is 0.416 e. The van der Waals surface area contributed by atoms with Gasteiger partial charge in [0.05, 0.1) is 43.8 Å². The molecule has 1 saturated heterocycles. The van der Waals surface area contributed by atoms with Crippen LogP contribution < -0.4 is 20.3 Å². The zero-order valence-corrected chi connectivity index (χ0v) is 19.3. The molecule has 36 heavy (non-hydrogen) atoms. The maximum atomic E-state index is 13.2. The van der Waals surface area contributed by atoms with Crippen LogP contribution in [0, 0.1) is 0 Å². The zero-order chi connectivity index (χ0) is 26.7. The number of anilines is 2. The monoisotopic (exact) mass is 513 g/mol. The lowest BCUT2D eigenvalue weighted by Gasteiger charge is -2.31. The van der Waals surface area contributed by atoms with Crippen molar-refractivity contribution in [3.8, 4) is 5.75 Å². The highest BCUT2D eigenvalue weighted by molar-refractivity contribution is 6.27. The molecule has 0 spiro atoms. The number of methoxy groups -OCH3 is 1. The zero-order valence-electron chi connectivity index (χ0n) is 19.3. The first-order chi connectivity index (χ1) is 17.0. The molecular formula is C23H26F3N3O7. The molecular weight excluding hydrogens is 487 g/mol. The summed E-state index contributed by atoms with van der Waals surface area (Å²) >= 11 is 0. The number of nitrogens with one attached hydrogen (secondary N) is 2. The Hall–Kier alpha value is -3.84. The number of nitrogens with zero attached hydrogens (tertiary/aromatic N) is 1. The van der Waals surface area contributed by atoms with Crippen LogP contribution in [0.5, 0.6) is 5.75 Å². The lowest BCUT2D eigenvalue weighted by Crippen LogP contribution is -2.37. The fourth-order valence-electron chi connectivity index (χ4n) is 3.25. The minimum atomic E-state index is -4.49. The van der Waals surface area contributed by atoms with E-state index in [9.17, 15) is 18.0 Å². The number of amides is 1.